The summed E-state index contributed by atoms with van der Waals surface area (Å²) in [7, 11) is -3.37. The Labute approximate surface area is 75.1 Å². The lowest BCUT2D eigenvalue weighted by atomic mass is 10.7. The first kappa shape index (κ1) is 9.06. The van der Waals surface area contributed by atoms with Crippen LogP contribution in [0.25, 0.3) is 0 Å². The van der Waals surface area contributed by atoms with Crippen molar-refractivity contribution in [3.05, 3.63) is 36.0 Å². The molecule has 0 saturated carbocycles. The van der Waals surface area contributed by atoms with Gasteiger partial charge in [0, 0.05) is 0 Å². The van der Waals surface area contributed by atoms with E-state index in [1.807, 2.05) is 0 Å². The SMILES string of the molecule is C=C=CNS(=O)(=O)c1cccs1. The molecule has 0 radical (unpaired) electrons. The molecule has 0 aromatic carbocycles. The lowest BCUT2D eigenvalue weighted by Crippen LogP contribution is -2.15. The van der Waals surface area contributed by atoms with Gasteiger partial charge in [0.05, 0.1) is 6.20 Å². The zero-order chi connectivity index (χ0) is 9.03. The fourth-order valence-electron chi connectivity index (χ4n) is 0.594. The fourth-order valence-corrected chi connectivity index (χ4v) is 2.47. The van der Waals surface area contributed by atoms with Crippen LogP contribution in [0.1, 0.15) is 0 Å². The molecule has 3 nitrogen and oxygen atoms in total. The van der Waals surface area contributed by atoms with E-state index in [0.29, 0.717) is 0 Å². The molecule has 0 unspecified atom stereocenters. The first-order chi connectivity index (χ1) is 5.67. The van der Waals surface area contributed by atoms with Crippen molar-refractivity contribution >= 4 is 21.4 Å². The average Bonchev–Trinajstić information content (AvgIpc) is 2.53. The molecule has 0 fully saturated rings. The van der Waals surface area contributed by atoms with Gasteiger partial charge >= 0.3 is 0 Å². The van der Waals surface area contributed by atoms with Crippen LogP contribution >= 0.6 is 11.3 Å². The Morgan fingerprint density at radius 2 is 2.42 bits per heavy atom. The van der Waals surface area contributed by atoms with Crippen molar-refractivity contribution in [2.75, 3.05) is 0 Å². The highest BCUT2D eigenvalue weighted by Crippen LogP contribution is 2.14. The molecular formula is C7H7NO2S2. The number of hydrogen-bond donors (Lipinski definition) is 1. The van der Waals surface area contributed by atoms with Crippen molar-refractivity contribution in [3.63, 3.8) is 0 Å². The molecule has 1 N–H and O–H groups in total. The van der Waals surface area contributed by atoms with E-state index in [2.05, 4.69) is 17.0 Å². The molecule has 1 aromatic rings. The van der Waals surface area contributed by atoms with Crippen molar-refractivity contribution in [3.8, 4) is 0 Å². The highest BCUT2D eigenvalue weighted by Gasteiger charge is 2.11. The summed E-state index contributed by atoms with van der Waals surface area (Å²) in [4.78, 5) is 0. The maximum absolute atomic E-state index is 11.3. The van der Waals surface area contributed by atoms with Crippen LogP contribution in [0.3, 0.4) is 0 Å². The number of nitrogens with one attached hydrogen (secondary N) is 1. The quantitative estimate of drug-likeness (QED) is 0.750. The van der Waals surface area contributed by atoms with Gasteiger partial charge in [-0.05, 0) is 11.4 Å². The molecule has 0 atom stereocenters. The van der Waals surface area contributed by atoms with E-state index in [-0.39, 0.29) is 4.21 Å². The molecule has 1 aromatic heterocycles. The highest BCUT2D eigenvalue weighted by molar-refractivity contribution is 7.91. The third-order valence-corrected chi connectivity index (χ3v) is 3.78. The average molecular weight is 201 g/mol. The summed E-state index contributed by atoms with van der Waals surface area (Å²) in [6, 6.07) is 3.21. The summed E-state index contributed by atoms with van der Waals surface area (Å²) in [5.74, 6) is 0. The fraction of sp³-hybridized carbons (Fsp3) is 0. The van der Waals surface area contributed by atoms with Gasteiger partial charge in [0.2, 0.25) is 0 Å². The van der Waals surface area contributed by atoms with Gasteiger partial charge in [-0.15, -0.1) is 17.1 Å². The molecule has 0 amide bonds. The summed E-state index contributed by atoms with van der Waals surface area (Å²) in [5, 5.41) is 1.70. The molecule has 5 heteroatoms. The van der Waals surface area contributed by atoms with Gasteiger partial charge < -0.3 is 0 Å². The molecule has 0 saturated heterocycles. The number of rotatable bonds is 3. The smallest absolute Gasteiger partial charge is 0.271 e. The Morgan fingerprint density at radius 3 is 2.92 bits per heavy atom. The molecule has 12 heavy (non-hydrogen) atoms. The molecule has 1 rings (SSSR count). The van der Waals surface area contributed by atoms with Gasteiger partial charge in [-0.25, -0.2) is 8.42 Å². The van der Waals surface area contributed by atoms with Crippen molar-refractivity contribution in [2.24, 2.45) is 0 Å². The van der Waals surface area contributed by atoms with E-state index in [0.717, 1.165) is 17.5 Å². The van der Waals surface area contributed by atoms with Crippen molar-refractivity contribution in [1.29, 1.82) is 0 Å². The molecule has 0 bridgehead atoms. The first-order valence-electron chi connectivity index (χ1n) is 3.07. The van der Waals surface area contributed by atoms with Gasteiger partial charge in [0.1, 0.15) is 4.21 Å². The van der Waals surface area contributed by atoms with Gasteiger partial charge in [-0.1, -0.05) is 12.6 Å². The van der Waals surface area contributed by atoms with Crippen LogP contribution in [-0.2, 0) is 10.0 Å². The Kier molecular flexibility index (Phi) is 2.70. The Morgan fingerprint density at radius 1 is 1.67 bits per heavy atom. The molecule has 0 aliphatic rings. The number of thiophene rings is 1. The summed E-state index contributed by atoms with van der Waals surface area (Å²) < 4.78 is 25.0. The third kappa shape index (κ3) is 1.98. The summed E-state index contributed by atoms with van der Waals surface area (Å²) in [6.45, 7) is 3.24. The normalized spacial score (nSPS) is 10.3. The van der Waals surface area contributed by atoms with E-state index in [1.165, 1.54) is 6.07 Å². The molecule has 0 aliphatic heterocycles. The number of sulfonamides is 1. The molecular weight excluding hydrogens is 194 g/mol. The Hall–Kier alpha value is -1.03. The van der Waals surface area contributed by atoms with E-state index >= 15 is 0 Å². The van der Waals surface area contributed by atoms with Crippen LogP contribution in [0.2, 0.25) is 0 Å². The van der Waals surface area contributed by atoms with Crippen LogP contribution in [-0.4, -0.2) is 8.42 Å². The van der Waals surface area contributed by atoms with E-state index in [1.54, 1.807) is 11.4 Å². The predicted molar refractivity (Wildman–Crippen MR) is 48.4 cm³/mol. The van der Waals surface area contributed by atoms with Crippen LogP contribution < -0.4 is 4.72 Å². The lowest BCUT2D eigenvalue weighted by Gasteiger charge is -1.97. The third-order valence-electron chi connectivity index (χ3n) is 1.08. The van der Waals surface area contributed by atoms with Crippen LogP contribution in [0.15, 0.2) is 40.2 Å². The topological polar surface area (TPSA) is 46.2 Å². The van der Waals surface area contributed by atoms with Crippen molar-refractivity contribution in [2.45, 2.75) is 4.21 Å². The lowest BCUT2D eigenvalue weighted by molar-refractivity contribution is 0.593. The first-order valence-corrected chi connectivity index (χ1v) is 5.43. The second kappa shape index (κ2) is 3.58. The number of hydrogen-bond acceptors (Lipinski definition) is 3. The summed E-state index contributed by atoms with van der Waals surface area (Å²) >= 11 is 1.16. The van der Waals surface area contributed by atoms with Gasteiger partial charge in [0.15, 0.2) is 0 Å². The standard InChI is InChI=1S/C7H7NO2S2/c1-2-5-8-12(9,10)7-4-3-6-11-7/h3-6,8H,1H2. The second-order valence-electron chi connectivity index (χ2n) is 1.90. The maximum atomic E-state index is 11.3. The summed E-state index contributed by atoms with van der Waals surface area (Å²) in [5.41, 5.74) is 2.33. The molecule has 64 valence electrons. The predicted octanol–water partition coefficient (Wildman–Crippen LogP) is 1.33. The minimum absolute atomic E-state index is 0.286. The minimum atomic E-state index is -3.37. The Bertz CT molecular complexity index is 385. The van der Waals surface area contributed by atoms with E-state index in [4.69, 9.17) is 0 Å². The highest BCUT2D eigenvalue weighted by atomic mass is 32.2. The minimum Gasteiger partial charge on any atom is -0.279 e. The van der Waals surface area contributed by atoms with Crippen molar-refractivity contribution < 1.29 is 8.42 Å². The maximum Gasteiger partial charge on any atom is 0.271 e. The zero-order valence-electron chi connectivity index (χ0n) is 6.15. The largest absolute Gasteiger partial charge is 0.279 e. The van der Waals surface area contributed by atoms with Gasteiger partial charge in [-0.3, -0.25) is 4.72 Å². The molecule has 1 heterocycles. The van der Waals surface area contributed by atoms with E-state index < -0.39 is 10.0 Å². The van der Waals surface area contributed by atoms with E-state index in [9.17, 15) is 8.42 Å². The monoisotopic (exact) mass is 201 g/mol. The summed E-state index contributed by atoms with van der Waals surface area (Å²) in [6.07, 6.45) is 1.16. The van der Waals surface area contributed by atoms with Gasteiger partial charge in [0.25, 0.3) is 10.0 Å². The van der Waals surface area contributed by atoms with Crippen LogP contribution in [0, 0.1) is 0 Å². The van der Waals surface area contributed by atoms with Crippen LogP contribution in [0.4, 0.5) is 0 Å². The molecule has 0 spiro atoms. The second-order valence-corrected chi connectivity index (χ2v) is 4.79. The Balaban J connectivity index is 2.95. The van der Waals surface area contributed by atoms with Gasteiger partial charge in [-0.2, -0.15) is 0 Å². The van der Waals surface area contributed by atoms with Crippen LogP contribution in [0.5, 0.6) is 0 Å². The zero-order valence-corrected chi connectivity index (χ0v) is 7.78. The van der Waals surface area contributed by atoms with Crippen molar-refractivity contribution in [1.82, 2.24) is 4.72 Å². The molecule has 0 aliphatic carbocycles.